The van der Waals surface area contributed by atoms with Crippen LogP contribution in [0.3, 0.4) is 0 Å². The van der Waals surface area contributed by atoms with Gasteiger partial charge in [0.15, 0.2) is 0 Å². The molecule has 1 aliphatic heterocycles. The maximum Gasteiger partial charge on any atom is 0.257 e. The van der Waals surface area contributed by atoms with Gasteiger partial charge in [-0.15, -0.1) is 21.5 Å². The molecular weight excluding hydrogens is 354 g/mol. The molecule has 1 saturated heterocycles. The van der Waals surface area contributed by atoms with E-state index in [-0.39, 0.29) is 0 Å². The molecule has 1 atom stereocenters. The van der Waals surface area contributed by atoms with Gasteiger partial charge in [-0.25, -0.2) is 0 Å². The number of rotatable bonds is 3. The third kappa shape index (κ3) is 3.91. The largest absolute Gasteiger partial charge is 0.419 e. The van der Waals surface area contributed by atoms with Crippen LogP contribution in [0.4, 0.5) is 0 Å². The smallest absolute Gasteiger partial charge is 0.257 e. The number of halogens is 1. The molecule has 3 rings (SSSR count). The van der Waals surface area contributed by atoms with Crippen LogP contribution in [-0.2, 0) is 6.54 Å². The van der Waals surface area contributed by atoms with Gasteiger partial charge in [0.25, 0.3) is 5.89 Å². The average Bonchev–Trinajstić information content (AvgIpc) is 3.00. The van der Waals surface area contributed by atoms with Gasteiger partial charge in [-0.2, -0.15) is 0 Å². The van der Waals surface area contributed by atoms with Gasteiger partial charge >= 0.3 is 0 Å². The first-order valence-electron chi connectivity index (χ1n) is 7.05. The quantitative estimate of drug-likeness (QED) is 0.896. The molecule has 0 aliphatic carbocycles. The Morgan fingerprint density at radius 1 is 1.38 bits per heavy atom. The normalized spacial score (nSPS) is 24.1. The summed E-state index contributed by atoms with van der Waals surface area (Å²) >= 11 is 5.01. The number of likely N-dealkylation sites (tertiary alicyclic amines) is 1. The minimum Gasteiger partial charge on any atom is -0.419 e. The van der Waals surface area contributed by atoms with Crippen molar-refractivity contribution in [1.82, 2.24) is 15.1 Å². The van der Waals surface area contributed by atoms with Gasteiger partial charge in [0, 0.05) is 6.54 Å². The molecule has 0 aromatic carbocycles. The summed E-state index contributed by atoms with van der Waals surface area (Å²) in [7, 11) is 0. The van der Waals surface area contributed by atoms with E-state index >= 15 is 0 Å². The van der Waals surface area contributed by atoms with Crippen molar-refractivity contribution >= 4 is 27.3 Å². The molecule has 21 heavy (non-hydrogen) atoms. The van der Waals surface area contributed by atoms with Gasteiger partial charge in [0.05, 0.1) is 20.8 Å². The Kier molecular flexibility index (Phi) is 4.44. The molecule has 1 fully saturated rings. The van der Waals surface area contributed by atoms with Crippen LogP contribution in [0.15, 0.2) is 20.3 Å². The predicted octanol–water partition coefficient (Wildman–Crippen LogP) is 3.30. The Labute approximate surface area is 136 Å². The maximum absolute atomic E-state index is 10.1. The molecule has 3 heterocycles. The van der Waals surface area contributed by atoms with E-state index in [1.54, 1.807) is 11.3 Å². The zero-order chi connectivity index (χ0) is 14.9. The topological polar surface area (TPSA) is 62.4 Å². The minimum atomic E-state index is -0.544. The number of thiophene rings is 1. The van der Waals surface area contributed by atoms with E-state index in [9.17, 15) is 5.11 Å². The first kappa shape index (κ1) is 15.1. The van der Waals surface area contributed by atoms with Gasteiger partial charge in [-0.05, 0) is 60.8 Å². The lowest BCUT2D eigenvalue weighted by atomic mass is 9.98. The molecule has 1 N–H and O–H groups in total. The molecule has 0 saturated carbocycles. The maximum atomic E-state index is 10.1. The average molecular weight is 372 g/mol. The molecular formula is C14H18BrN3O2S. The lowest BCUT2D eigenvalue weighted by molar-refractivity contribution is 0.0441. The highest BCUT2D eigenvalue weighted by Gasteiger charge is 2.25. The Morgan fingerprint density at radius 3 is 3.00 bits per heavy atom. The Bertz CT molecular complexity index is 611. The first-order chi connectivity index (χ1) is 10.0. The molecule has 2 aromatic rings. The second-order valence-corrected chi connectivity index (χ2v) is 8.19. The van der Waals surface area contributed by atoms with Crippen LogP contribution >= 0.6 is 27.3 Å². The van der Waals surface area contributed by atoms with Crippen LogP contribution < -0.4 is 0 Å². The van der Waals surface area contributed by atoms with E-state index in [1.807, 2.05) is 19.1 Å². The second-order valence-electron chi connectivity index (χ2n) is 5.73. The Balaban J connectivity index is 1.64. The number of aromatic nitrogens is 2. The fourth-order valence-electron chi connectivity index (χ4n) is 2.51. The van der Waals surface area contributed by atoms with Crippen LogP contribution in [-0.4, -0.2) is 38.9 Å². The highest BCUT2D eigenvalue weighted by Crippen LogP contribution is 2.30. The molecule has 5 nitrogen and oxygen atoms in total. The third-order valence-electron chi connectivity index (χ3n) is 3.77. The van der Waals surface area contributed by atoms with E-state index in [2.05, 4.69) is 31.0 Å². The van der Waals surface area contributed by atoms with E-state index in [0.717, 1.165) is 41.0 Å². The SMILES string of the molecule is CC1(O)CCCN(Cc2nnc(-c3ccc(Br)s3)o2)CC1. The van der Waals surface area contributed by atoms with Crippen molar-refractivity contribution in [3.63, 3.8) is 0 Å². The monoisotopic (exact) mass is 371 g/mol. The molecule has 0 spiro atoms. The fraction of sp³-hybridized carbons (Fsp3) is 0.571. The van der Waals surface area contributed by atoms with Crippen LogP contribution in [0.2, 0.25) is 0 Å². The summed E-state index contributed by atoms with van der Waals surface area (Å²) in [4.78, 5) is 3.24. The van der Waals surface area contributed by atoms with Crippen LogP contribution in [0.5, 0.6) is 0 Å². The molecule has 0 radical (unpaired) electrons. The van der Waals surface area contributed by atoms with Crippen LogP contribution in [0, 0.1) is 0 Å². The van der Waals surface area contributed by atoms with Gasteiger partial charge < -0.3 is 9.52 Å². The standard InChI is InChI=1S/C14H18BrN3O2S/c1-14(19)5-2-7-18(8-6-14)9-12-16-17-13(20-12)10-3-4-11(15)21-10/h3-4,19H,2,5-9H2,1H3. The summed E-state index contributed by atoms with van der Waals surface area (Å²) in [5.74, 6) is 1.21. The van der Waals surface area contributed by atoms with Crippen molar-refractivity contribution in [1.29, 1.82) is 0 Å². The van der Waals surface area contributed by atoms with Gasteiger partial charge in [-0.3, -0.25) is 4.90 Å². The lowest BCUT2D eigenvalue weighted by Crippen LogP contribution is -2.28. The summed E-state index contributed by atoms with van der Waals surface area (Å²) in [5, 5.41) is 18.4. The van der Waals surface area contributed by atoms with Crippen LogP contribution in [0.1, 0.15) is 32.1 Å². The summed E-state index contributed by atoms with van der Waals surface area (Å²) < 4.78 is 6.79. The molecule has 1 unspecified atom stereocenters. The third-order valence-corrected chi connectivity index (χ3v) is 5.38. The van der Waals surface area contributed by atoms with Crippen molar-refractivity contribution in [3.05, 3.63) is 21.8 Å². The number of hydrogen-bond donors (Lipinski definition) is 1. The highest BCUT2D eigenvalue weighted by molar-refractivity contribution is 9.11. The zero-order valence-electron chi connectivity index (χ0n) is 11.9. The molecule has 1 aliphatic rings. The van der Waals surface area contributed by atoms with E-state index in [0.29, 0.717) is 18.3 Å². The summed E-state index contributed by atoms with van der Waals surface area (Å²) in [6.07, 6.45) is 2.62. The number of aliphatic hydroxyl groups is 1. The summed E-state index contributed by atoms with van der Waals surface area (Å²) in [6, 6.07) is 3.94. The van der Waals surface area contributed by atoms with Crippen molar-refractivity contribution in [2.24, 2.45) is 0 Å². The molecule has 7 heteroatoms. The number of nitrogens with zero attached hydrogens (tertiary/aromatic N) is 3. The van der Waals surface area contributed by atoms with E-state index in [4.69, 9.17) is 4.42 Å². The van der Waals surface area contributed by atoms with Crippen molar-refractivity contribution < 1.29 is 9.52 Å². The summed E-state index contributed by atoms with van der Waals surface area (Å²) in [5.41, 5.74) is -0.544. The van der Waals surface area contributed by atoms with Crippen molar-refractivity contribution in [2.75, 3.05) is 13.1 Å². The second kappa shape index (κ2) is 6.16. The molecule has 0 bridgehead atoms. The minimum absolute atomic E-state index is 0.544. The molecule has 2 aromatic heterocycles. The fourth-order valence-corrected chi connectivity index (χ4v) is 3.82. The lowest BCUT2D eigenvalue weighted by Gasteiger charge is -2.21. The Morgan fingerprint density at radius 2 is 2.24 bits per heavy atom. The Hall–Kier alpha value is -0.760. The van der Waals surface area contributed by atoms with Crippen molar-refractivity contribution in [2.45, 2.75) is 38.3 Å². The highest BCUT2D eigenvalue weighted by atomic mass is 79.9. The van der Waals surface area contributed by atoms with Crippen molar-refractivity contribution in [3.8, 4) is 10.8 Å². The predicted molar refractivity (Wildman–Crippen MR) is 85.1 cm³/mol. The first-order valence-corrected chi connectivity index (χ1v) is 8.66. The zero-order valence-corrected chi connectivity index (χ0v) is 14.3. The molecule has 0 amide bonds. The van der Waals surface area contributed by atoms with Gasteiger partial charge in [0.2, 0.25) is 5.89 Å². The van der Waals surface area contributed by atoms with E-state index < -0.39 is 5.60 Å². The van der Waals surface area contributed by atoms with E-state index in [1.165, 1.54) is 0 Å². The molecule has 114 valence electrons. The summed E-state index contributed by atoms with van der Waals surface area (Å²) in [6.45, 7) is 4.37. The van der Waals surface area contributed by atoms with Gasteiger partial charge in [-0.1, -0.05) is 0 Å². The van der Waals surface area contributed by atoms with Gasteiger partial charge in [0.1, 0.15) is 0 Å². The number of hydrogen-bond acceptors (Lipinski definition) is 6. The van der Waals surface area contributed by atoms with Crippen LogP contribution in [0.25, 0.3) is 10.8 Å².